The van der Waals surface area contributed by atoms with Crippen molar-refractivity contribution in [3.8, 4) is 11.3 Å². The second-order valence-corrected chi connectivity index (χ2v) is 3.88. The van der Waals surface area contributed by atoms with Crippen LogP contribution < -0.4 is 4.90 Å². The van der Waals surface area contributed by atoms with Gasteiger partial charge >= 0.3 is 0 Å². The minimum atomic E-state index is 0.967. The van der Waals surface area contributed by atoms with E-state index in [0.29, 0.717) is 0 Å². The number of anilines is 1. The Bertz CT molecular complexity index is 505. The molecular weight excluding hydrogens is 184 g/mol. The summed E-state index contributed by atoms with van der Waals surface area (Å²) in [6.07, 6.45) is 1.86. The summed E-state index contributed by atoms with van der Waals surface area (Å²) in [5.74, 6) is 0. The molecule has 0 fully saturated rings. The number of pyridine rings is 1. The molecule has 0 saturated carbocycles. The van der Waals surface area contributed by atoms with Crippen LogP contribution in [0.4, 0.5) is 5.69 Å². The molecule has 0 saturated heterocycles. The van der Waals surface area contributed by atoms with E-state index >= 15 is 0 Å². The second kappa shape index (κ2) is 3.09. The predicted octanol–water partition coefficient (Wildman–Crippen LogP) is 2.70. The summed E-state index contributed by atoms with van der Waals surface area (Å²) in [5.41, 5.74) is 4.94. The van der Waals surface area contributed by atoms with Crippen LogP contribution in [0.25, 0.3) is 11.3 Å². The standard InChI is InChI=1S/C13H12N2/c1-15-9-10-5-2-3-6-11(10)13-12(15)7-4-8-14-13/h2-8H,9H2,1H3. The fraction of sp³-hybridized carbons (Fsp3) is 0.154. The molecule has 1 aromatic carbocycles. The maximum atomic E-state index is 4.47. The van der Waals surface area contributed by atoms with E-state index < -0.39 is 0 Å². The molecule has 0 spiro atoms. The van der Waals surface area contributed by atoms with Crippen LogP contribution in [0.3, 0.4) is 0 Å². The summed E-state index contributed by atoms with van der Waals surface area (Å²) in [5, 5.41) is 0. The highest BCUT2D eigenvalue weighted by Gasteiger charge is 2.19. The predicted molar refractivity (Wildman–Crippen MR) is 61.8 cm³/mol. The highest BCUT2D eigenvalue weighted by molar-refractivity contribution is 5.80. The Kier molecular flexibility index (Phi) is 1.75. The Hall–Kier alpha value is -1.83. The zero-order valence-corrected chi connectivity index (χ0v) is 8.64. The van der Waals surface area contributed by atoms with Crippen molar-refractivity contribution in [2.24, 2.45) is 0 Å². The second-order valence-electron chi connectivity index (χ2n) is 3.88. The zero-order valence-electron chi connectivity index (χ0n) is 8.64. The lowest BCUT2D eigenvalue weighted by Crippen LogP contribution is -2.21. The number of hydrogen-bond donors (Lipinski definition) is 0. The summed E-state index contributed by atoms with van der Waals surface area (Å²) in [7, 11) is 2.11. The Balaban J connectivity index is 2.30. The maximum Gasteiger partial charge on any atom is 0.0938 e. The van der Waals surface area contributed by atoms with Crippen molar-refractivity contribution in [1.82, 2.24) is 4.98 Å². The van der Waals surface area contributed by atoms with E-state index in [4.69, 9.17) is 0 Å². The topological polar surface area (TPSA) is 16.1 Å². The largest absolute Gasteiger partial charge is 0.368 e. The van der Waals surface area contributed by atoms with Crippen LogP contribution in [0.5, 0.6) is 0 Å². The Morgan fingerprint density at radius 1 is 1.13 bits per heavy atom. The van der Waals surface area contributed by atoms with Crippen LogP contribution >= 0.6 is 0 Å². The van der Waals surface area contributed by atoms with Gasteiger partial charge in [-0.3, -0.25) is 4.98 Å². The summed E-state index contributed by atoms with van der Waals surface area (Å²) >= 11 is 0. The lowest BCUT2D eigenvalue weighted by atomic mass is 9.98. The molecule has 0 bridgehead atoms. The molecule has 2 nitrogen and oxygen atoms in total. The fourth-order valence-electron chi connectivity index (χ4n) is 2.14. The summed E-state index contributed by atoms with van der Waals surface area (Å²) in [4.78, 5) is 6.71. The maximum absolute atomic E-state index is 4.47. The molecule has 0 atom stereocenters. The van der Waals surface area contributed by atoms with Crippen molar-refractivity contribution in [3.05, 3.63) is 48.2 Å². The van der Waals surface area contributed by atoms with Gasteiger partial charge in [-0.25, -0.2) is 0 Å². The van der Waals surface area contributed by atoms with Gasteiger partial charge in [0.1, 0.15) is 0 Å². The summed E-state index contributed by atoms with van der Waals surface area (Å²) in [6.45, 7) is 0.967. The molecule has 3 rings (SSSR count). The molecule has 0 unspecified atom stereocenters. The van der Waals surface area contributed by atoms with Crippen LogP contribution in [-0.2, 0) is 6.54 Å². The Morgan fingerprint density at radius 3 is 2.93 bits per heavy atom. The van der Waals surface area contributed by atoms with E-state index in [0.717, 1.165) is 12.2 Å². The average Bonchev–Trinajstić information content (AvgIpc) is 2.30. The third-order valence-electron chi connectivity index (χ3n) is 2.88. The molecule has 2 heteroatoms. The average molecular weight is 196 g/mol. The monoisotopic (exact) mass is 196 g/mol. The van der Waals surface area contributed by atoms with Gasteiger partial charge in [0.25, 0.3) is 0 Å². The molecule has 0 amide bonds. The number of hydrogen-bond acceptors (Lipinski definition) is 2. The van der Waals surface area contributed by atoms with Crippen LogP contribution in [0.15, 0.2) is 42.6 Å². The molecule has 1 aliphatic rings. The quantitative estimate of drug-likeness (QED) is 0.644. The molecule has 2 heterocycles. The normalized spacial score (nSPS) is 13.3. The van der Waals surface area contributed by atoms with Gasteiger partial charge in [0, 0.05) is 25.4 Å². The van der Waals surface area contributed by atoms with E-state index in [1.165, 1.54) is 16.8 Å². The molecule has 1 aliphatic heterocycles. The van der Waals surface area contributed by atoms with Crippen LogP contribution in [-0.4, -0.2) is 12.0 Å². The molecular formula is C13H12N2. The Labute approximate surface area is 89.2 Å². The molecule has 1 aromatic heterocycles. The van der Waals surface area contributed by atoms with Crippen molar-refractivity contribution < 1.29 is 0 Å². The van der Waals surface area contributed by atoms with Crippen molar-refractivity contribution >= 4 is 5.69 Å². The zero-order chi connectivity index (χ0) is 10.3. The first-order valence-electron chi connectivity index (χ1n) is 5.11. The first-order chi connectivity index (χ1) is 7.36. The van der Waals surface area contributed by atoms with E-state index in [-0.39, 0.29) is 0 Å². The number of aromatic nitrogens is 1. The minimum Gasteiger partial charge on any atom is -0.368 e. The van der Waals surface area contributed by atoms with E-state index in [1.54, 1.807) is 0 Å². The third kappa shape index (κ3) is 1.22. The van der Waals surface area contributed by atoms with Gasteiger partial charge in [-0.2, -0.15) is 0 Å². The summed E-state index contributed by atoms with van der Waals surface area (Å²) in [6, 6.07) is 12.6. The first-order valence-corrected chi connectivity index (χ1v) is 5.11. The van der Waals surface area contributed by atoms with Crippen molar-refractivity contribution in [2.75, 3.05) is 11.9 Å². The third-order valence-corrected chi connectivity index (χ3v) is 2.88. The highest BCUT2D eigenvalue weighted by atomic mass is 15.1. The fourth-order valence-corrected chi connectivity index (χ4v) is 2.14. The van der Waals surface area contributed by atoms with Crippen molar-refractivity contribution in [3.63, 3.8) is 0 Å². The van der Waals surface area contributed by atoms with Gasteiger partial charge < -0.3 is 4.90 Å². The van der Waals surface area contributed by atoms with Crippen LogP contribution in [0, 0.1) is 0 Å². The first kappa shape index (κ1) is 8.48. The van der Waals surface area contributed by atoms with Gasteiger partial charge in [-0.05, 0) is 17.7 Å². The smallest absolute Gasteiger partial charge is 0.0938 e. The van der Waals surface area contributed by atoms with E-state index in [1.807, 2.05) is 12.3 Å². The molecule has 0 N–H and O–H groups in total. The molecule has 74 valence electrons. The highest BCUT2D eigenvalue weighted by Crippen LogP contribution is 2.35. The molecule has 0 radical (unpaired) electrons. The number of fused-ring (bicyclic) bond motifs is 3. The lowest BCUT2D eigenvalue weighted by molar-refractivity contribution is 0.902. The lowest BCUT2D eigenvalue weighted by Gasteiger charge is -2.28. The number of benzene rings is 1. The van der Waals surface area contributed by atoms with Gasteiger partial charge in [0.05, 0.1) is 11.4 Å². The Morgan fingerprint density at radius 2 is 2.00 bits per heavy atom. The van der Waals surface area contributed by atoms with Gasteiger partial charge in [0.2, 0.25) is 0 Å². The number of rotatable bonds is 0. The van der Waals surface area contributed by atoms with Crippen molar-refractivity contribution in [1.29, 1.82) is 0 Å². The van der Waals surface area contributed by atoms with E-state index in [9.17, 15) is 0 Å². The van der Waals surface area contributed by atoms with Gasteiger partial charge in [-0.15, -0.1) is 0 Å². The van der Waals surface area contributed by atoms with Gasteiger partial charge in [-0.1, -0.05) is 24.3 Å². The van der Waals surface area contributed by atoms with Gasteiger partial charge in [0.15, 0.2) is 0 Å². The number of nitrogens with zero attached hydrogens (tertiary/aromatic N) is 2. The molecule has 15 heavy (non-hydrogen) atoms. The molecule has 2 aromatic rings. The van der Waals surface area contributed by atoms with Crippen molar-refractivity contribution in [2.45, 2.75) is 6.54 Å². The van der Waals surface area contributed by atoms with Crippen LogP contribution in [0.2, 0.25) is 0 Å². The minimum absolute atomic E-state index is 0.967. The summed E-state index contributed by atoms with van der Waals surface area (Å²) < 4.78 is 0. The molecule has 0 aliphatic carbocycles. The SMILES string of the molecule is CN1Cc2ccccc2-c2ncccc21. The van der Waals surface area contributed by atoms with Crippen LogP contribution in [0.1, 0.15) is 5.56 Å². The van der Waals surface area contributed by atoms with E-state index in [2.05, 4.69) is 47.3 Å².